The lowest BCUT2D eigenvalue weighted by Crippen LogP contribution is -2.35. The van der Waals surface area contributed by atoms with E-state index in [1.165, 1.54) is 0 Å². The van der Waals surface area contributed by atoms with Crippen LogP contribution in [0.5, 0.6) is 0 Å². The minimum absolute atomic E-state index is 0.484. The van der Waals surface area contributed by atoms with Gasteiger partial charge in [-0.15, -0.1) is 21.8 Å². The molecule has 3 heterocycles. The predicted octanol–water partition coefficient (Wildman–Crippen LogP) is 1.08. The van der Waals surface area contributed by atoms with Gasteiger partial charge in [0.1, 0.15) is 12.1 Å². The second-order valence-electron chi connectivity index (χ2n) is 4.51. The molecule has 3 rings (SSSR count). The van der Waals surface area contributed by atoms with Crippen molar-refractivity contribution in [3.63, 3.8) is 0 Å². The topological polar surface area (TPSA) is 51.8 Å². The molecule has 0 N–H and O–H groups in total. The van der Waals surface area contributed by atoms with Gasteiger partial charge < -0.3 is 9.47 Å². The summed E-state index contributed by atoms with van der Waals surface area (Å²) in [5.74, 6) is 2.57. The quantitative estimate of drug-likeness (QED) is 0.764. The number of anilines is 1. The van der Waals surface area contributed by atoms with Crippen molar-refractivity contribution in [1.82, 2.24) is 24.5 Å². The standard InChI is InChI=1S/C11H15ClN6/c1-8-9(5-12)11(16(2)15-8)17-3-4-18-7-13-14-10(18)6-17/h7H,3-6H2,1-2H3. The molecule has 0 amide bonds. The van der Waals surface area contributed by atoms with Gasteiger partial charge in [-0.2, -0.15) is 5.10 Å². The highest BCUT2D eigenvalue weighted by Gasteiger charge is 2.23. The zero-order chi connectivity index (χ0) is 12.7. The molecule has 0 saturated heterocycles. The maximum atomic E-state index is 6.04. The number of aromatic nitrogens is 5. The van der Waals surface area contributed by atoms with Crippen molar-refractivity contribution in [3.05, 3.63) is 23.4 Å². The number of nitrogens with zero attached hydrogens (tertiary/aromatic N) is 6. The lowest BCUT2D eigenvalue weighted by atomic mass is 10.2. The van der Waals surface area contributed by atoms with E-state index in [0.29, 0.717) is 5.88 Å². The Balaban J connectivity index is 1.97. The normalized spacial score (nSPS) is 14.9. The summed E-state index contributed by atoms with van der Waals surface area (Å²) in [7, 11) is 1.96. The fraction of sp³-hybridized carbons (Fsp3) is 0.545. The molecule has 0 spiro atoms. The van der Waals surface area contributed by atoms with Gasteiger partial charge in [0.05, 0.1) is 18.1 Å². The van der Waals surface area contributed by atoms with Crippen LogP contribution in [-0.2, 0) is 26.0 Å². The first-order chi connectivity index (χ1) is 8.70. The van der Waals surface area contributed by atoms with E-state index < -0.39 is 0 Å². The summed E-state index contributed by atoms with van der Waals surface area (Å²) in [6.07, 6.45) is 1.78. The highest BCUT2D eigenvalue weighted by Crippen LogP contribution is 2.27. The first kappa shape index (κ1) is 11.5. The minimum atomic E-state index is 0.484. The van der Waals surface area contributed by atoms with E-state index in [1.807, 2.05) is 18.7 Å². The Morgan fingerprint density at radius 3 is 3.00 bits per heavy atom. The largest absolute Gasteiger partial charge is 0.347 e. The molecular formula is C11H15ClN6. The van der Waals surface area contributed by atoms with Gasteiger partial charge >= 0.3 is 0 Å². The number of hydrogen-bond donors (Lipinski definition) is 0. The monoisotopic (exact) mass is 266 g/mol. The number of fused-ring (bicyclic) bond motifs is 1. The van der Waals surface area contributed by atoms with E-state index in [1.54, 1.807) is 6.33 Å². The van der Waals surface area contributed by atoms with E-state index in [9.17, 15) is 0 Å². The van der Waals surface area contributed by atoms with Crippen LogP contribution in [0.25, 0.3) is 0 Å². The number of alkyl halides is 1. The molecule has 7 heteroatoms. The van der Waals surface area contributed by atoms with Gasteiger partial charge in [0, 0.05) is 25.7 Å². The summed E-state index contributed by atoms with van der Waals surface area (Å²) >= 11 is 6.04. The van der Waals surface area contributed by atoms with Crippen molar-refractivity contribution in [2.75, 3.05) is 11.4 Å². The summed E-state index contributed by atoms with van der Waals surface area (Å²) in [5, 5.41) is 12.5. The molecule has 0 unspecified atom stereocenters. The first-order valence-corrected chi connectivity index (χ1v) is 6.44. The molecule has 0 saturated carbocycles. The Labute approximate surface area is 110 Å². The minimum Gasteiger partial charge on any atom is -0.347 e. The van der Waals surface area contributed by atoms with Gasteiger partial charge in [-0.05, 0) is 6.92 Å². The zero-order valence-electron chi connectivity index (χ0n) is 10.5. The molecule has 6 nitrogen and oxygen atoms in total. The van der Waals surface area contributed by atoms with Crippen LogP contribution in [-0.4, -0.2) is 31.1 Å². The van der Waals surface area contributed by atoms with Crippen LogP contribution in [0.2, 0.25) is 0 Å². The Kier molecular flexibility index (Phi) is 2.74. The number of rotatable bonds is 2. The molecule has 2 aromatic heterocycles. The fourth-order valence-electron chi connectivity index (χ4n) is 2.49. The fourth-order valence-corrected chi connectivity index (χ4v) is 2.80. The predicted molar refractivity (Wildman–Crippen MR) is 68.6 cm³/mol. The second kappa shape index (κ2) is 4.28. The van der Waals surface area contributed by atoms with Gasteiger partial charge in [0.15, 0.2) is 5.82 Å². The van der Waals surface area contributed by atoms with E-state index >= 15 is 0 Å². The molecule has 0 fully saturated rings. The lowest BCUT2D eigenvalue weighted by Gasteiger charge is -2.29. The van der Waals surface area contributed by atoms with Crippen molar-refractivity contribution in [2.24, 2.45) is 7.05 Å². The summed E-state index contributed by atoms with van der Waals surface area (Å²) in [6.45, 7) is 4.57. The number of aryl methyl sites for hydroxylation is 2. The van der Waals surface area contributed by atoms with Crippen LogP contribution in [0.1, 0.15) is 17.1 Å². The molecule has 2 aromatic rings. The zero-order valence-corrected chi connectivity index (χ0v) is 11.2. The molecule has 0 radical (unpaired) electrons. The molecule has 1 aliphatic rings. The number of halogens is 1. The van der Waals surface area contributed by atoms with Crippen LogP contribution in [0, 0.1) is 6.92 Å². The van der Waals surface area contributed by atoms with Crippen LogP contribution in [0.3, 0.4) is 0 Å². The molecule has 0 atom stereocenters. The third-order valence-corrected chi connectivity index (χ3v) is 3.65. The Bertz CT molecular complexity index is 572. The lowest BCUT2D eigenvalue weighted by molar-refractivity contribution is 0.545. The van der Waals surface area contributed by atoms with E-state index in [-0.39, 0.29) is 0 Å². The van der Waals surface area contributed by atoms with Crippen molar-refractivity contribution >= 4 is 17.4 Å². The van der Waals surface area contributed by atoms with E-state index in [4.69, 9.17) is 11.6 Å². The van der Waals surface area contributed by atoms with Crippen molar-refractivity contribution in [1.29, 1.82) is 0 Å². The smallest absolute Gasteiger partial charge is 0.152 e. The SMILES string of the molecule is Cc1nn(C)c(N2CCn3cnnc3C2)c1CCl. The Hall–Kier alpha value is -1.56. The van der Waals surface area contributed by atoms with Crippen LogP contribution in [0.15, 0.2) is 6.33 Å². The molecule has 1 aliphatic heterocycles. The van der Waals surface area contributed by atoms with E-state index in [2.05, 4.69) is 24.8 Å². The van der Waals surface area contributed by atoms with E-state index in [0.717, 1.165) is 42.5 Å². The van der Waals surface area contributed by atoms with Crippen LogP contribution < -0.4 is 4.90 Å². The van der Waals surface area contributed by atoms with Crippen molar-refractivity contribution in [3.8, 4) is 0 Å². The molecule has 96 valence electrons. The molecule has 0 aromatic carbocycles. The van der Waals surface area contributed by atoms with Gasteiger partial charge in [-0.25, -0.2) is 0 Å². The summed E-state index contributed by atoms with van der Waals surface area (Å²) in [6, 6.07) is 0. The van der Waals surface area contributed by atoms with Crippen molar-refractivity contribution < 1.29 is 0 Å². The third kappa shape index (κ3) is 1.68. The van der Waals surface area contributed by atoms with Gasteiger partial charge in [0.2, 0.25) is 0 Å². The third-order valence-electron chi connectivity index (χ3n) is 3.39. The molecular weight excluding hydrogens is 252 g/mol. The average molecular weight is 267 g/mol. The molecule has 0 bridgehead atoms. The second-order valence-corrected chi connectivity index (χ2v) is 4.77. The van der Waals surface area contributed by atoms with Crippen LogP contribution in [0.4, 0.5) is 5.82 Å². The van der Waals surface area contributed by atoms with Gasteiger partial charge in [-0.3, -0.25) is 4.68 Å². The summed E-state index contributed by atoms with van der Waals surface area (Å²) in [4.78, 5) is 2.27. The maximum absolute atomic E-state index is 6.04. The molecule has 18 heavy (non-hydrogen) atoms. The Morgan fingerprint density at radius 1 is 1.39 bits per heavy atom. The highest BCUT2D eigenvalue weighted by molar-refractivity contribution is 6.17. The van der Waals surface area contributed by atoms with Gasteiger partial charge in [-0.1, -0.05) is 0 Å². The summed E-state index contributed by atoms with van der Waals surface area (Å²) in [5.41, 5.74) is 2.10. The highest BCUT2D eigenvalue weighted by atomic mass is 35.5. The Morgan fingerprint density at radius 2 is 2.22 bits per heavy atom. The van der Waals surface area contributed by atoms with Gasteiger partial charge in [0.25, 0.3) is 0 Å². The average Bonchev–Trinajstić information content (AvgIpc) is 2.91. The van der Waals surface area contributed by atoms with Crippen LogP contribution >= 0.6 is 11.6 Å². The summed E-state index contributed by atoms with van der Waals surface area (Å²) < 4.78 is 3.99. The first-order valence-electron chi connectivity index (χ1n) is 5.90. The number of hydrogen-bond acceptors (Lipinski definition) is 4. The molecule has 0 aliphatic carbocycles. The maximum Gasteiger partial charge on any atom is 0.152 e. The van der Waals surface area contributed by atoms with Crippen molar-refractivity contribution in [2.45, 2.75) is 25.9 Å².